The lowest BCUT2D eigenvalue weighted by Gasteiger charge is -2.29. The molecule has 1 aliphatic rings. The van der Waals surface area contributed by atoms with Crippen LogP contribution in [-0.2, 0) is 0 Å². The first-order chi connectivity index (χ1) is 14.5. The lowest BCUT2D eigenvalue weighted by atomic mass is 10.2. The molecule has 30 heavy (non-hydrogen) atoms. The van der Waals surface area contributed by atoms with E-state index in [1.807, 2.05) is 68.4 Å². The van der Waals surface area contributed by atoms with E-state index in [1.54, 1.807) is 19.1 Å². The van der Waals surface area contributed by atoms with Crippen molar-refractivity contribution in [3.63, 3.8) is 0 Å². The molecule has 0 N–H and O–H groups in total. The fraction of sp³-hybridized carbons (Fsp3) is 0.292. The second-order valence-corrected chi connectivity index (χ2v) is 7.50. The van der Waals surface area contributed by atoms with Gasteiger partial charge < -0.3 is 23.7 Å². The lowest BCUT2D eigenvalue weighted by Crippen LogP contribution is -2.41. The molecule has 0 aliphatic carbocycles. The highest BCUT2D eigenvalue weighted by Crippen LogP contribution is 2.31. The van der Waals surface area contributed by atoms with Gasteiger partial charge in [-0.05, 0) is 56.3 Å². The molecule has 1 aliphatic heterocycles. The van der Waals surface area contributed by atoms with E-state index in [-0.39, 0.29) is 12.0 Å². The molecule has 0 saturated heterocycles. The third-order valence-corrected chi connectivity index (χ3v) is 5.38. The molecular formula is C24H26N2O4. The van der Waals surface area contributed by atoms with Crippen LogP contribution in [0.3, 0.4) is 0 Å². The molecule has 6 heteroatoms. The number of amides is 1. The first kappa shape index (κ1) is 19.9. The zero-order valence-corrected chi connectivity index (χ0v) is 17.7. The number of para-hydroxylation sites is 2. The molecular weight excluding hydrogens is 380 g/mol. The standard InChI is InChI=1S/C24H26N2O4/c1-16-13-21(17(2)26(16)18-9-11-19(28-4)12-10-18)24(27)25(3)14-20-15-29-22-7-5-6-8-23(22)30-20/h5-13,20H,14-15H2,1-4H3. The summed E-state index contributed by atoms with van der Waals surface area (Å²) < 4.78 is 19.1. The van der Waals surface area contributed by atoms with Crippen molar-refractivity contribution in [1.29, 1.82) is 0 Å². The van der Waals surface area contributed by atoms with Gasteiger partial charge in [0.1, 0.15) is 12.4 Å². The molecule has 156 valence electrons. The van der Waals surface area contributed by atoms with E-state index in [9.17, 15) is 4.79 Å². The van der Waals surface area contributed by atoms with Gasteiger partial charge in [-0.2, -0.15) is 0 Å². The Kier molecular flexibility index (Phi) is 5.40. The van der Waals surface area contributed by atoms with E-state index < -0.39 is 0 Å². The Morgan fingerprint density at radius 2 is 1.83 bits per heavy atom. The number of ether oxygens (including phenoxy) is 3. The minimum atomic E-state index is -0.209. The van der Waals surface area contributed by atoms with Crippen LogP contribution in [0, 0.1) is 13.8 Å². The molecule has 2 aromatic carbocycles. The molecule has 1 atom stereocenters. The Bertz CT molecular complexity index is 1060. The van der Waals surface area contributed by atoms with Gasteiger partial charge in [0.25, 0.3) is 5.91 Å². The molecule has 1 unspecified atom stereocenters. The Hall–Kier alpha value is -3.41. The molecule has 3 aromatic rings. The summed E-state index contributed by atoms with van der Waals surface area (Å²) in [5, 5.41) is 0. The van der Waals surface area contributed by atoms with Crippen LogP contribution in [0.25, 0.3) is 5.69 Å². The number of likely N-dealkylation sites (N-methyl/N-ethyl adjacent to an activating group) is 1. The van der Waals surface area contributed by atoms with Crippen LogP contribution in [0.1, 0.15) is 21.7 Å². The van der Waals surface area contributed by atoms with Crippen LogP contribution in [0.5, 0.6) is 17.2 Å². The topological polar surface area (TPSA) is 52.9 Å². The van der Waals surface area contributed by atoms with Gasteiger partial charge in [0.05, 0.1) is 19.2 Å². The number of aryl methyl sites for hydroxylation is 1. The van der Waals surface area contributed by atoms with Crippen LogP contribution >= 0.6 is 0 Å². The van der Waals surface area contributed by atoms with Crippen molar-refractivity contribution in [2.75, 3.05) is 27.3 Å². The second kappa shape index (κ2) is 8.14. The fourth-order valence-corrected chi connectivity index (χ4v) is 3.85. The maximum atomic E-state index is 13.2. The number of fused-ring (bicyclic) bond motifs is 1. The zero-order valence-electron chi connectivity index (χ0n) is 17.7. The van der Waals surface area contributed by atoms with Gasteiger partial charge >= 0.3 is 0 Å². The maximum Gasteiger partial charge on any atom is 0.255 e. The van der Waals surface area contributed by atoms with Gasteiger partial charge in [0.15, 0.2) is 17.6 Å². The molecule has 1 amide bonds. The molecule has 0 spiro atoms. The first-order valence-corrected chi connectivity index (χ1v) is 9.95. The average Bonchev–Trinajstić information content (AvgIpc) is 3.07. The van der Waals surface area contributed by atoms with Crippen LogP contribution < -0.4 is 14.2 Å². The summed E-state index contributed by atoms with van der Waals surface area (Å²) in [5.74, 6) is 2.22. The monoisotopic (exact) mass is 406 g/mol. The second-order valence-electron chi connectivity index (χ2n) is 7.50. The number of benzene rings is 2. The Balaban J connectivity index is 1.50. The maximum absolute atomic E-state index is 13.2. The third-order valence-electron chi connectivity index (χ3n) is 5.38. The minimum absolute atomic E-state index is 0.0367. The molecule has 6 nitrogen and oxygen atoms in total. The van der Waals surface area contributed by atoms with E-state index in [2.05, 4.69) is 4.57 Å². The average molecular weight is 406 g/mol. The van der Waals surface area contributed by atoms with E-state index in [1.165, 1.54) is 0 Å². The van der Waals surface area contributed by atoms with E-state index in [4.69, 9.17) is 14.2 Å². The number of aromatic nitrogens is 1. The predicted molar refractivity (Wildman–Crippen MR) is 115 cm³/mol. The molecule has 0 radical (unpaired) electrons. The predicted octanol–water partition coefficient (Wildman–Crippen LogP) is 4.01. The SMILES string of the molecule is COc1ccc(-n2c(C)cc(C(=O)N(C)CC3COc4ccccc4O3)c2C)cc1. The highest BCUT2D eigenvalue weighted by atomic mass is 16.6. The minimum Gasteiger partial charge on any atom is -0.497 e. The Morgan fingerprint density at radius 3 is 2.53 bits per heavy atom. The third kappa shape index (κ3) is 3.73. The summed E-state index contributed by atoms with van der Waals surface area (Å²) in [6, 6.07) is 17.3. The van der Waals surface area contributed by atoms with Crippen molar-refractivity contribution in [2.24, 2.45) is 0 Å². The smallest absolute Gasteiger partial charge is 0.255 e. The summed E-state index contributed by atoms with van der Waals surface area (Å²) in [5.41, 5.74) is 3.58. The van der Waals surface area contributed by atoms with Gasteiger partial charge in [-0.3, -0.25) is 4.79 Å². The van der Waals surface area contributed by atoms with Gasteiger partial charge in [-0.25, -0.2) is 0 Å². The number of rotatable bonds is 5. The van der Waals surface area contributed by atoms with Crippen molar-refractivity contribution in [3.8, 4) is 22.9 Å². The summed E-state index contributed by atoms with van der Waals surface area (Å²) >= 11 is 0. The van der Waals surface area contributed by atoms with Crippen molar-refractivity contribution in [2.45, 2.75) is 20.0 Å². The Morgan fingerprint density at radius 1 is 1.13 bits per heavy atom. The number of hydrogen-bond acceptors (Lipinski definition) is 4. The molecule has 0 fully saturated rings. The van der Waals surface area contributed by atoms with E-state index >= 15 is 0 Å². The molecule has 4 rings (SSSR count). The number of carbonyl (C=O) groups is 1. The number of methoxy groups -OCH3 is 1. The number of carbonyl (C=O) groups excluding carboxylic acids is 1. The summed E-state index contributed by atoms with van der Waals surface area (Å²) in [6.07, 6.45) is -0.209. The fourth-order valence-electron chi connectivity index (χ4n) is 3.85. The van der Waals surface area contributed by atoms with Crippen LogP contribution in [-0.4, -0.2) is 48.8 Å². The first-order valence-electron chi connectivity index (χ1n) is 9.95. The summed E-state index contributed by atoms with van der Waals surface area (Å²) in [4.78, 5) is 14.9. The highest BCUT2D eigenvalue weighted by Gasteiger charge is 2.26. The van der Waals surface area contributed by atoms with Crippen molar-refractivity contribution >= 4 is 5.91 Å². The van der Waals surface area contributed by atoms with Gasteiger partial charge in [-0.1, -0.05) is 12.1 Å². The largest absolute Gasteiger partial charge is 0.497 e. The lowest BCUT2D eigenvalue weighted by molar-refractivity contribution is 0.0520. The normalized spacial score (nSPS) is 15.0. The van der Waals surface area contributed by atoms with E-state index in [0.717, 1.165) is 28.6 Å². The van der Waals surface area contributed by atoms with Gasteiger partial charge in [0.2, 0.25) is 0 Å². The van der Waals surface area contributed by atoms with Crippen LogP contribution in [0.15, 0.2) is 54.6 Å². The Labute approximate surface area is 176 Å². The summed E-state index contributed by atoms with van der Waals surface area (Å²) in [6.45, 7) is 4.83. The van der Waals surface area contributed by atoms with Gasteiger partial charge in [-0.15, -0.1) is 0 Å². The molecule has 1 aromatic heterocycles. The van der Waals surface area contributed by atoms with Crippen LogP contribution in [0.4, 0.5) is 0 Å². The quantitative estimate of drug-likeness (QED) is 0.642. The zero-order chi connectivity index (χ0) is 21.3. The number of nitrogens with zero attached hydrogens (tertiary/aromatic N) is 2. The van der Waals surface area contributed by atoms with Crippen molar-refractivity contribution in [1.82, 2.24) is 9.47 Å². The van der Waals surface area contributed by atoms with Crippen molar-refractivity contribution < 1.29 is 19.0 Å². The molecule has 2 heterocycles. The van der Waals surface area contributed by atoms with Crippen LogP contribution in [0.2, 0.25) is 0 Å². The number of hydrogen-bond donors (Lipinski definition) is 0. The summed E-state index contributed by atoms with van der Waals surface area (Å²) in [7, 11) is 3.44. The van der Waals surface area contributed by atoms with E-state index in [0.29, 0.717) is 24.5 Å². The van der Waals surface area contributed by atoms with Crippen molar-refractivity contribution in [3.05, 3.63) is 71.5 Å². The van der Waals surface area contributed by atoms with Gasteiger partial charge in [0, 0.05) is 24.1 Å². The molecule has 0 bridgehead atoms. The highest BCUT2D eigenvalue weighted by molar-refractivity contribution is 5.95. The molecule has 0 saturated carbocycles.